The third-order valence-corrected chi connectivity index (χ3v) is 6.45. The number of imidazole rings is 1. The summed E-state index contributed by atoms with van der Waals surface area (Å²) in [7, 11) is 0. The van der Waals surface area contributed by atoms with Crippen molar-refractivity contribution in [2.45, 2.75) is 19.9 Å². The molecule has 0 fully saturated rings. The van der Waals surface area contributed by atoms with Gasteiger partial charge in [-0.05, 0) is 36.8 Å². The van der Waals surface area contributed by atoms with Crippen molar-refractivity contribution in [2.24, 2.45) is 0 Å². The Balaban J connectivity index is 1.52. The number of hydrogen-bond donors (Lipinski definition) is 1. The molecule has 0 atom stereocenters. The maximum atomic E-state index is 12.6. The molecule has 0 saturated heterocycles. The summed E-state index contributed by atoms with van der Waals surface area (Å²) in [5.41, 5.74) is 5.08. The number of carbonyl (C=O) groups excluding carboxylic acids is 1. The first-order chi connectivity index (χ1) is 16.1. The highest BCUT2D eigenvalue weighted by molar-refractivity contribution is 9.10. The molecule has 1 aliphatic rings. The van der Waals surface area contributed by atoms with Crippen LogP contribution in [0.5, 0.6) is 0 Å². The topological polar surface area (TPSA) is 90.6 Å². The van der Waals surface area contributed by atoms with Crippen LogP contribution in [0.2, 0.25) is 0 Å². The Morgan fingerprint density at radius 2 is 2.09 bits per heavy atom. The molecule has 8 nitrogen and oxygen atoms in total. The Morgan fingerprint density at radius 3 is 2.97 bits per heavy atom. The molecule has 0 bridgehead atoms. The average molecular weight is 503 g/mol. The summed E-state index contributed by atoms with van der Waals surface area (Å²) in [6, 6.07) is 14.2. The van der Waals surface area contributed by atoms with E-state index in [1.165, 1.54) is 0 Å². The van der Waals surface area contributed by atoms with Crippen LogP contribution in [-0.2, 0) is 17.7 Å². The molecule has 0 spiro atoms. The zero-order valence-electron chi connectivity index (χ0n) is 17.7. The van der Waals surface area contributed by atoms with E-state index in [1.807, 2.05) is 41.1 Å². The van der Waals surface area contributed by atoms with Crippen LogP contribution in [0.25, 0.3) is 28.0 Å². The molecule has 0 amide bonds. The molecule has 3 aromatic heterocycles. The van der Waals surface area contributed by atoms with Crippen LogP contribution in [0.3, 0.4) is 0 Å². The predicted molar refractivity (Wildman–Crippen MR) is 126 cm³/mol. The molecule has 0 radical (unpaired) electrons. The number of para-hydroxylation sites is 1. The molecule has 1 N–H and O–H groups in total. The van der Waals surface area contributed by atoms with Crippen LogP contribution in [0, 0.1) is 0 Å². The molecule has 0 unspecified atom stereocenters. The van der Waals surface area contributed by atoms with Crippen LogP contribution >= 0.6 is 15.9 Å². The molecule has 0 aliphatic carbocycles. The third kappa shape index (κ3) is 3.19. The largest absolute Gasteiger partial charge is 0.461 e. The maximum absolute atomic E-state index is 12.6. The molecular weight excluding hydrogens is 484 g/mol. The number of aromatic nitrogens is 6. The zero-order valence-corrected chi connectivity index (χ0v) is 19.3. The van der Waals surface area contributed by atoms with Crippen molar-refractivity contribution in [3.8, 4) is 17.1 Å². The molecule has 0 saturated carbocycles. The minimum atomic E-state index is -0.431. The van der Waals surface area contributed by atoms with E-state index in [-0.39, 0.29) is 0 Å². The van der Waals surface area contributed by atoms with Gasteiger partial charge in [0.05, 0.1) is 24.5 Å². The molecule has 33 heavy (non-hydrogen) atoms. The fraction of sp³-hybridized carbons (Fsp3) is 0.167. The number of aromatic amines is 1. The number of nitrogens with zero attached hydrogens (tertiary/aromatic N) is 5. The lowest BCUT2D eigenvalue weighted by Gasteiger charge is -2.09. The van der Waals surface area contributed by atoms with Crippen molar-refractivity contribution >= 4 is 32.8 Å². The van der Waals surface area contributed by atoms with Gasteiger partial charge >= 0.3 is 5.97 Å². The second kappa shape index (κ2) is 7.70. The molecule has 6 rings (SSSR count). The summed E-state index contributed by atoms with van der Waals surface area (Å²) in [6.45, 7) is 2.48. The van der Waals surface area contributed by atoms with Gasteiger partial charge in [-0.15, -0.1) is 10.2 Å². The van der Waals surface area contributed by atoms with Crippen LogP contribution in [-0.4, -0.2) is 41.9 Å². The Bertz CT molecular complexity index is 1530. The minimum Gasteiger partial charge on any atom is -0.461 e. The van der Waals surface area contributed by atoms with Gasteiger partial charge < -0.3 is 14.3 Å². The number of carbonyl (C=O) groups is 1. The molecular formula is C24H19BrN6O2. The van der Waals surface area contributed by atoms with E-state index >= 15 is 0 Å². The van der Waals surface area contributed by atoms with Crippen molar-refractivity contribution < 1.29 is 9.53 Å². The van der Waals surface area contributed by atoms with Gasteiger partial charge in [-0.3, -0.25) is 4.57 Å². The van der Waals surface area contributed by atoms with Gasteiger partial charge in [0.15, 0.2) is 11.5 Å². The fourth-order valence-electron chi connectivity index (χ4n) is 4.43. The summed E-state index contributed by atoms with van der Waals surface area (Å²) < 4.78 is 10.2. The van der Waals surface area contributed by atoms with Gasteiger partial charge in [-0.25, -0.2) is 9.78 Å². The van der Waals surface area contributed by atoms with Crippen molar-refractivity contribution in [1.29, 1.82) is 0 Å². The third-order valence-electron chi connectivity index (χ3n) is 5.95. The molecule has 2 aromatic carbocycles. The monoisotopic (exact) mass is 502 g/mol. The normalized spacial score (nSPS) is 12.2. The Hall–Kier alpha value is -3.72. The maximum Gasteiger partial charge on any atom is 0.358 e. The number of ether oxygens (including phenoxy) is 1. The van der Waals surface area contributed by atoms with E-state index in [9.17, 15) is 4.79 Å². The summed E-state index contributed by atoms with van der Waals surface area (Å²) in [5, 5.41) is 10.3. The highest BCUT2D eigenvalue weighted by Crippen LogP contribution is 2.35. The second-order valence-corrected chi connectivity index (χ2v) is 8.77. The van der Waals surface area contributed by atoms with E-state index in [4.69, 9.17) is 4.74 Å². The lowest BCUT2D eigenvalue weighted by Crippen LogP contribution is -2.13. The standard InChI is InChI=1S/C24H19BrN6O2/c1-2-33-24(32)22-20-12-30-21(9-14-11-26-18-6-4-3-5-16(14)18)28-29-23(30)17-10-15(25)7-8-19(17)31(20)13-27-22/h3-8,10-11,13,26H,2,9,12H2,1H3. The molecule has 164 valence electrons. The Labute approximate surface area is 197 Å². The number of esters is 1. The van der Waals surface area contributed by atoms with Crippen molar-refractivity contribution in [2.75, 3.05) is 6.61 Å². The number of rotatable bonds is 4. The fourth-order valence-corrected chi connectivity index (χ4v) is 4.79. The predicted octanol–water partition coefficient (Wildman–Crippen LogP) is 4.50. The average Bonchev–Trinajstić information content (AvgIpc) is 3.51. The summed E-state index contributed by atoms with van der Waals surface area (Å²) in [6.07, 6.45) is 4.29. The van der Waals surface area contributed by atoms with Gasteiger partial charge in [0.2, 0.25) is 0 Å². The minimum absolute atomic E-state index is 0.290. The van der Waals surface area contributed by atoms with Crippen molar-refractivity contribution in [3.05, 3.63) is 82.2 Å². The van der Waals surface area contributed by atoms with Gasteiger partial charge in [-0.2, -0.15) is 0 Å². The van der Waals surface area contributed by atoms with E-state index in [0.29, 0.717) is 25.3 Å². The molecule has 9 heteroatoms. The first-order valence-electron chi connectivity index (χ1n) is 10.6. The first-order valence-corrected chi connectivity index (χ1v) is 11.4. The van der Waals surface area contributed by atoms with Crippen molar-refractivity contribution in [3.63, 3.8) is 0 Å². The van der Waals surface area contributed by atoms with Crippen LogP contribution < -0.4 is 0 Å². The number of fused-ring (bicyclic) bond motifs is 6. The smallest absolute Gasteiger partial charge is 0.358 e. The van der Waals surface area contributed by atoms with Crippen LogP contribution in [0.4, 0.5) is 0 Å². The molecule has 4 heterocycles. The zero-order chi connectivity index (χ0) is 22.5. The highest BCUT2D eigenvalue weighted by Gasteiger charge is 2.28. The highest BCUT2D eigenvalue weighted by atomic mass is 79.9. The van der Waals surface area contributed by atoms with Gasteiger partial charge in [0.25, 0.3) is 0 Å². The summed E-state index contributed by atoms with van der Waals surface area (Å²) >= 11 is 3.58. The van der Waals surface area contributed by atoms with Crippen LogP contribution in [0.1, 0.15) is 34.5 Å². The molecule has 1 aliphatic heterocycles. The number of benzene rings is 2. The van der Waals surface area contributed by atoms with Gasteiger partial charge in [0.1, 0.15) is 12.2 Å². The van der Waals surface area contributed by atoms with Crippen molar-refractivity contribution in [1.82, 2.24) is 29.3 Å². The Morgan fingerprint density at radius 1 is 1.21 bits per heavy atom. The number of nitrogens with one attached hydrogen (secondary N) is 1. The van der Waals surface area contributed by atoms with E-state index < -0.39 is 5.97 Å². The quantitative estimate of drug-likeness (QED) is 0.358. The summed E-state index contributed by atoms with van der Waals surface area (Å²) in [5.74, 6) is 1.13. The lowest BCUT2D eigenvalue weighted by molar-refractivity contribution is 0.0518. The van der Waals surface area contributed by atoms with E-state index in [1.54, 1.807) is 13.3 Å². The Kier molecular flexibility index (Phi) is 4.65. The SMILES string of the molecule is CCOC(=O)c1ncn2c1Cn1c(Cc3c[nH]c4ccccc34)nnc1-c1cc(Br)ccc1-2. The second-order valence-electron chi connectivity index (χ2n) is 7.85. The van der Waals surface area contributed by atoms with E-state index in [2.05, 4.69) is 52.8 Å². The number of hydrogen-bond acceptors (Lipinski definition) is 5. The number of halogens is 1. The van der Waals surface area contributed by atoms with Gasteiger partial charge in [0, 0.05) is 33.6 Å². The van der Waals surface area contributed by atoms with E-state index in [0.717, 1.165) is 49.5 Å². The molecule has 5 aromatic rings. The first kappa shape index (κ1) is 19.9. The number of H-pyrrole nitrogens is 1. The van der Waals surface area contributed by atoms with Gasteiger partial charge in [-0.1, -0.05) is 34.1 Å². The lowest BCUT2D eigenvalue weighted by atomic mass is 10.1. The summed E-state index contributed by atoms with van der Waals surface area (Å²) in [4.78, 5) is 20.4. The van der Waals surface area contributed by atoms with Crippen LogP contribution in [0.15, 0.2) is 59.5 Å².